The second kappa shape index (κ2) is 7.48. The number of hydrogen-bond acceptors (Lipinski definition) is 4. The second-order valence-electron chi connectivity index (χ2n) is 3.86. The van der Waals surface area contributed by atoms with Crippen LogP contribution in [0.25, 0.3) is 0 Å². The van der Waals surface area contributed by atoms with E-state index in [1.807, 2.05) is 0 Å². The van der Waals surface area contributed by atoms with Gasteiger partial charge in [-0.25, -0.2) is 13.1 Å². The normalized spacial score (nSPS) is 11.7. The summed E-state index contributed by atoms with van der Waals surface area (Å²) in [7, 11) is -1.93. The number of aryl methyl sites for hydroxylation is 1. The predicted octanol–water partition coefficient (Wildman–Crippen LogP) is 0.536. The molecule has 1 aromatic carbocycles. The van der Waals surface area contributed by atoms with Crippen LogP contribution in [0.4, 0.5) is 0 Å². The van der Waals surface area contributed by atoms with Gasteiger partial charge in [-0.05, 0) is 30.5 Å². The van der Waals surface area contributed by atoms with Gasteiger partial charge in [-0.1, -0.05) is 12.1 Å². The van der Waals surface area contributed by atoms with E-state index in [1.165, 1.54) is 7.11 Å². The molecule has 2 N–H and O–H groups in total. The van der Waals surface area contributed by atoms with Crippen molar-refractivity contribution in [2.45, 2.75) is 17.7 Å². The number of benzene rings is 1. The van der Waals surface area contributed by atoms with Crippen molar-refractivity contribution in [1.29, 1.82) is 0 Å². The molecule has 0 bridgehead atoms. The predicted molar refractivity (Wildman–Crippen MR) is 68.9 cm³/mol. The van der Waals surface area contributed by atoms with Crippen LogP contribution in [0.1, 0.15) is 12.0 Å². The van der Waals surface area contributed by atoms with Crippen LogP contribution < -0.4 is 4.72 Å². The Morgan fingerprint density at radius 2 is 1.94 bits per heavy atom. The van der Waals surface area contributed by atoms with Crippen LogP contribution in [-0.2, 0) is 21.2 Å². The molecule has 0 saturated carbocycles. The van der Waals surface area contributed by atoms with Gasteiger partial charge in [0, 0.05) is 20.3 Å². The van der Waals surface area contributed by atoms with E-state index < -0.39 is 10.0 Å². The second-order valence-corrected chi connectivity index (χ2v) is 5.63. The van der Waals surface area contributed by atoms with Crippen LogP contribution in [0.3, 0.4) is 0 Å². The molecule has 0 fully saturated rings. The van der Waals surface area contributed by atoms with E-state index in [-0.39, 0.29) is 18.0 Å². The zero-order valence-corrected chi connectivity index (χ0v) is 11.2. The summed E-state index contributed by atoms with van der Waals surface area (Å²) in [6.45, 7) is 0.734. The van der Waals surface area contributed by atoms with Crippen molar-refractivity contribution in [3.05, 3.63) is 29.8 Å². The summed E-state index contributed by atoms with van der Waals surface area (Å²) in [6, 6.07) is 6.67. The molecule has 0 spiro atoms. The molecule has 0 aliphatic heterocycles. The molecule has 0 unspecified atom stereocenters. The summed E-state index contributed by atoms with van der Waals surface area (Å²) < 4.78 is 30.9. The first-order chi connectivity index (χ1) is 8.60. The van der Waals surface area contributed by atoms with Gasteiger partial charge in [-0.3, -0.25) is 0 Å². The van der Waals surface area contributed by atoms with Gasteiger partial charge in [0.2, 0.25) is 10.0 Å². The smallest absolute Gasteiger partial charge is 0.240 e. The molecule has 1 rings (SSSR count). The number of nitrogens with one attached hydrogen (secondary N) is 1. The first-order valence-corrected chi connectivity index (χ1v) is 7.27. The van der Waals surface area contributed by atoms with Crippen LogP contribution in [-0.4, -0.2) is 40.4 Å². The van der Waals surface area contributed by atoms with E-state index in [9.17, 15) is 8.42 Å². The fraction of sp³-hybridized carbons (Fsp3) is 0.500. The van der Waals surface area contributed by atoms with Crippen molar-refractivity contribution < 1.29 is 18.3 Å². The Morgan fingerprint density at radius 3 is 2.50 bits per heavy atom. The van der Waals surface area contributed by atoms with Crippen LogP contribution in [0.2, 0.25) is 0 Å². The van der Waals surface area contributed by atoms with E-state index in [0.29, 0.717) is 13.0 Å². The van der Waals surface area contributed by atoms with Gasteiger partial charge in [-0.15, -0.1) is 0 Å². The minimum absolute atomic E-state index is 0.138. The van der Waals surface area contributed by atoms with Gasteiger partial charge in [0.05, 0.1) is 11.5 Å². The third-order valence-electron chi connectivity index (χ3n) is 2.46. The first-order valence-electron chi connectivity index (χ1n) is 5.78. The van der Waals surface area contributed by atoms with Crippen molar-refractivity contribution in [2.75, 3.05) is 26.9 Å². The molecule has 0 amide bonds. The Hall–Kier alpha value is -0.950. The molecule has 0 aliphatic carbocycles. The number of ether oxygens (including phenoxy) is 1. The highest BCUT2D eigenvalue weighted by Crippen LogP contribution is 2.11. The monoisotopic (exact) mass is 273 g/mol. The number of aliphatic hydroxyl groups is 1. The van der Waals surface area contributed by atoms with Gasteiger partial charge in [0.15, 0.2) is 0 Å². The highest BCUT2D eigenvalue weighted by Gasteiger charge is 2.12. The molecular formula is C12H19NO4S. The largest absolute Gasteiger partial charge is 0.396 e. The Kier molecular flexibility index (Phi) is 6.28. The highest BCUT2D eigenvalue weighted by molar-refractivity contribution is 7.89. The molecule has 18 heavy (non-hydrogen) atoms. The third kappa shape index (κ3) is 4.73. The van der Waals surface area contributed by atoms with Crippen LogP contribution >= 0.6 is 0 Å². The molecule has 0 radical (unpaired) electrons. The Balaban J connectivity index is 2.65. The lowest BCUT2D eigenvalue weighted by Crippen LogP contribution is -2.27. The van der Waals surface area contributed by atoms with Crippen LogP contribution in [0.5, 0.6) is 0 Å². The maximum absolute atomic E-state index is 11.8. The summed E-state index contributed by atoms with van der Waals surface area (Å²) in [6.07, 6.45) is 1.42. The number of aliphatic hydroxyl groups excluding tert-OH is 1. The quantitative estimate of drug-likeness (QED) is 0.678. The standard InChI is InChI=1S/C12H19NO4S/c1-17-10-8-13-18(15,16)12-6-4-11(5-7-12)3-2-9-14/h4-7,13-14H,2-3,8-10H2,1H3. The molecule has 6 heteroatoms. The summed E-state index contributed by atoms with van der Waals surface area (Å²) in [5.74, 6) is 0. The molecule has 0 aromatic heterocycles. The van der Waals surface area contributed by atoms with Gasteiger partial charge < -0.3 is 9.84 Å². The van der Waals surface area contributed by atoms with Gasteiger partial charge in [0.25, 0.3) is 0 Å². The van der Waals surface area contributed by atoms with Crippen molar-refractivity contribution in [3.8, 4) is 0 Å². The SMILES string of the molecule is COCCNS(=O)(=O)c1ccc(CCCO)cc1. The van der Waals surface area contributed by atoms with E-state index in [4.69, 9.17) is 9.84 Å². The summed E-state index contributed by atoms with van der Waals surface area (Å²) in [5, 5.41) is 8.71. The molecule has 5 nitrogen and oxygen atoms in total. The molecule has 0 aliphatic rings. The lowest BCUT2D eigenvalue weighted by molar-refractivity contribution is 0.204. The Labute approximate surface area is 108 Å². The minimum Gasteiger partial charge on any atom is -0.396 e. The Morgan fingerprint density at radius 1 is 1.28 bits per heavy atom. The Bertz CT molecular complexity index is 442. The van der Waals surface area contributed by atoms with Gasteiger partial charge >= 0.3 is 0 Å². The lowest BCUT2D eigenvalue weighted by atomic mass is 10.1. The van der Waals surface area contributed by atoms with E-state index in [2.05, 4.69) is 4.72 Å². The molecule has 1 aromatic rings. The summed E-state index contributed by atoms with van der Waals surface area (Å²) in [5.41, 5.74) is 1.01. The van der Waals surface area contributed by atoms with Gasteiger partial charge in [-0.2, -0.15) is 0 Å². The average Bonchev–Trinajstić information content (AvgIpc) is 2.37. The lowest BCUT2D eigenvalue weighted by Gasteiger charge is -2.07. The molecule has 0 heterocycles. The van der Waals surface area contributed by atoms with Crippen molar-refractivity contribution in [2.24, 2.45) is 0 Å². The maximum Gasteiger partial charge on any atom is 0.240 e. The van der Waals surface area contributed by atoms with E-state index in [0.717, 1.165) is 12.0 Å². The highest BCUT2D eigenvalue weighted by atomic mass is 32.2. The number of sulfonamides is 1. The molecule has 102 valence electrons. The van der Waals surface area contributed by atoms with E-state index >= 15 is 0 Å². The summed E-state index contributed by atoms with van der Waals surface area (Å²) >= 11 is 0. The number of rotatable bonds is 8. The maximum atomic E-state index is 11.8. The fourth-order valence-electron chi connectivity index (χ4n) is 1.48. The van der Waals surface area contributed by atoms with E-state index in [1.54, 1.807) is 24.3 Å². The zero-order chi connectivity index (χ0) is 13.4. The van der Waals surface area contributed by atoms with Crippen LogP contribution in [0.15, 0.2) is 29.2 Å². The topological polar surface area (TPSA) is 75.6 Å². The first kappa shape index (κ1) is 15.1. The van der Waals surface area contributed by atoms with Crippen molar-refractivity contribution in [1.82, 2.24) is 4.72 Å². The van der Waals surface area contributed by atoms with Crippen LogP contribution in [0, 0.1) is 0 Å². The molecule has 0 saturated heterocycles. The average molecular weight is 273 g/mol. The van der Waals surface area contributed by atoms with Crippen molar-refractivity contribution in [3.63, 3.8) is 0 Å². The number of hydrogen-bond donors (Lipinski definition) is 2. The van der Waals surface area contributed by atoms with Gasteiger partial charge in [0.1, 0.15) is 0 Å². The number of methoxy groups -OCH3 is 1. The van der Waals surface area contributed by atoms with Crippen molar-refractivity contribution >= 4 is 10.0 Å². The molecule has 0 atom stereocenters. The molecular weight excluding hydrogens is 254 g/mol. The zero-order valence-electron chi connectivity index (χ0n) is 10.4. The fourth-order valence-corrected chi connectivity index (χ4v) is 2.49. The minimum atomic E-state index is -3.45. The summed E-state index contributed by atoms with van der Waals surface area (Å²) in [4.78, 5) is 0.242. The third-order valence-corrected chi connectivity index (χ3v) is 3.93.